The maximum atomic E-state index is 11.8. The summed E-state index contributed by atoms with van der Waals surface area (Å²) in [5.74, 6) is 0. The Morgan fingerprint density at radius 3 is 2.43 bits per heavy atom. The van der Waals surface area contributed by atoms with E-state index in [1.165, 1.54) is 32.7 Å². The van der Waals surface area contributed by atoms with Crippen LogP contribution in [-0.2, 0) is 4.74 Å². The highest BCUT2D eigenvalue weighted by Crippen LogP contribution is 2.05. The molecule has 84 valence electrons. The van der Waals surface area contributed by atoms with E-state index in [0.717, 1.165) is 0 Å². The fourth-order valence-electron chi connectivity index (χ4n) is 1.53. The van der Waals surface area contributed by atoms with Gasteiger partial charge in [0.15, 0.2) is 0 Å². The Bertz CT molecular complexity index is 134. The van der Waals surface area contributed by atoms with Crippen molar-refractivity contribution in [1.82, 2.24) is 10.2 Å². The number of nitrogens with one attached hydrogen (secondary N) is 1. The third-order valence-corrected chi connectivity index (χ3v) is 2.53. The van der Waals surface area contributed by atoms with E-state index in [2.05, 4.69) is 21.9 Å². The minimum Gasteiger partial charge on any atom is -0.378 e. The minimum atomic E-state index is -0.676. The zero-order valence-corrected chi connectivity index (χ0v) is 8.97. The molecule has 0 spiro atoms. The van der Waals surface area contributed by atoms with Crippen LogP contribution in [0.3, 0.4) is 0 Å². The highest BCUT2D eigenvalue weighted by atomic mass is 19.1. The molecule has 0 bridgehead atoms. The lowest BCUT2D eigenvalue weighted by molar-refractivity contribution is 0.173. The number of hydrogen-bond donors (Lipinski definition) is 1. The fraction of sp³-hybridized carbons (Fsp3) is 1.00. The summed E-state index contributed by atoms with van der Waals surface area (Å²) in [5, 5.41) is 3.31. The van der Waals surface area contributed by atoms with Crippen molar-refractivity contribution in [1.29, 1.82) is 0 Å². The molecule has 0 saturated carbocycles. The van der Waals surface area contributed by atoms with Crippen molar-refractivity contribution < 1.29 is 9.13 Å². The van der Waals surface area contributed by atoms with Gasteiger partial charge >= 0.3 is 0 Å². The van der Waals surface area contributed by atoms with Crippen molar-refractivity contribution in [3.8, 4) is 0 Å². The van der Waals surface area contributed by atoms with E-state index in [1.807, 2.05) is 0 Å². The first-order valence-electron chi connectivity index (χ1n) is 5.47. The third-order valence-electron chi connectivity index (χ3n) is 2.53. The Hall–Kier alpha value is -0.190. The number of alkyl halides is 1. The molecule has 0 aromatic carbocycles. The molecule has 2 heterocycles. The summed E-state index contributed by atoms with van der Waals surface area (Å²) in [6, 6.07) is 0. The van der Waals surface area contributed by atoms with Crippen LogP contribution < -0.4 is 5.32 Å². The van der Waals surface area contributed by atoms with Crippen LogP contribution in [0, 0.1) is 0 Å². The molecule has 1 atom stereocenters. The molecular weight excluding hydrogens is 183 g/mol. The molecule has 2 rings (SSSR count). The van der Waals surface area contributed by atoms with E-state index < -0.39 is 6.17 Å². The maximum Gasteiger partial charge on any atom is 0.126 e. The molecule has 0 radical (unpaired) electrons. The Morgan fingerprint density at radius 1 is 1.43 bits per heavy atom. The van der Waals surface area contributed by atoms with Gasteiger partial charge in [-0.3, -0.25) is 0 Å². The Morgan fingerprint density at radius 2 is 2.14 bits per heavy atom. The molecule has 3 nitrogen and oxygen atoms in total. The van der Waals surface area contributed by atoms with Crippen LogP contribution in [0.1, 0.15) is 13.3 Å². The van der Waals surface area contributed by atoms with Crippen LogP contribution in [0.25, 0.3) is 0 Å². The van der Waals surface area contributed by atoms with Crippen LogP contribution in [0.4, 0.5) is 4.39 Å². The average Bonchev–Trinajstić information content (AvgIpc) is 2.71. The van der Waals surface area contributed by atoms with Gasteiger partial charge in [-0.2, -0.15) is 0 Å². The van der Waals surface area contributed by atoms with Gasteiger partial charge in [0.05, 0.1) is 6.61 Å². The van der Waals surface area contributed by atoms with E-state index in [4.69, 9.17) is 0 Å². The van der Waals surface area contributed by atoms with Gasteiger partial charge in [0.2, 0.25) is 0 Å². The normalized spacial score (nSPS) is 28.3. The molecule has 0 aliphatic carbocycles. The largest absolute Gasteiger partial charge is 0.378 e. The van der Waals surface area contributed by atoms with Crippen molar-refractivity contribution in [3.05, 3.63) is 0 Å². The predicted molar refractivity (Wildman–Crippen MR) is 55.3 cm³/mol. The summed E-state index contributed by atoms with van der Waals surface area (Å²) >= 11 is 0. The van der Waals surface area contributed by atoms with E-state index in [9.17, 15) is 4.39 Å². The number of nitrogens with zero attached hydrogens (tertiary/aromatic N) is 1. The van der Waals surface area contributed by atoms with Gasteiger partial charge < -0.3 is 15.0 Å². The molecule has 2 aliphatic heterocycles. The van der Waals surface area contributed by atoms with Crippen LogP contribution in [0.15, 0.2) is 0 Å². The summed E-state index contributed by atoms with van der Waals surface area (Å²) in [6.45, 7) is 9.17. The molecule has 0 aromatic heterocycles. The van der Waals surface area contributed by atoms with Crippen LogP contribution in [0.5, 0.6) is 0 Å². The fourth-order valence-corrected chi connectivity index (χ4v) is 1.53. The smallest absolute Gasteiger partial charge is 0.126 e. The van der Waals surface area contributed by atoms with Crippen LogP contribution in [-0.4, -0.2) is 57.0 Å². The highest BCUT2D eigenvalue weighted by Gasteiger charge is 2.12. The second-order valence-corrected chi connectivity index (χ2v) is 3.65. The monoisotopic (exact) mass is 204 g/mol. The number of ether oxygens (including phenoxy) is 1. The molecule has 2 aliphatic rings. The van der Waals surface area contributed by atoms with Gasteiger partial charge in [0, 0.05) is 39.2 Å². The van der Waals surface area contributed by atoms with Crippen LogP contribution in [0.2, 0.25) is 0 Å². The maximum absolute atomic E-state index is 11.8. The summed E-state index contributed by atoms with van der Waals surface area (Å²) in [7, 11) is 0. The molecule has 2 fully saturated rings. The number of halogens is 1. The first-order chi connectivity index (χ1) is 6.83. The van der Waals surface area contributed by atoms with Gasteiger partial charge in [-0.25, -0.2) is 4.39 Å². The molecular formula is C10H21FN2O. The predicted octanol–water partition coefficient (Wildman–Crippen LogP) is 0.656. The lowest BCUT2D eigenvalue weighted by Gasteiger charge is -2.25. The van der Waals surface area contributed by atoms with Gasteiger partial charge in [-0.05, 0) is 6.54 Å². The second kappa shape index (κ2) is 7.15. The van der Waals surface area contributed by atoms with E-state index in [0.29, 0.717) is 19.6 Å². The second-order valence-electron chi connectivity index (χ2n) is 3.65. The Kier molecular flexibility index (Phi) is 6.07. The highest BCUT2D eigenvalue weighted by molar-refractivity contribution is 4.64. The molecule has 0 amide bonds. The standard InChI is InChI=1S/C6H14N2.C4H7FO/c1-2-8-5-3-7-4-6-8;5-4-1-2-6-3-4/h7H,2-6H2,1H3;4H,1-3H2/t;4-/m.0/s1. The van der Waals surface area contributed by atoms with Gasteiger partial charge in [-0.1, -0.05) is 6.92 Å². The first kappa shape index (κ1) is 11.9. The van der Waals surface area contributed by atoms with Crippen molar-refractivity contribution in [2.75, 3.05) is 45.9 Å². The molecule has 0 unspecified atom stereocenters. The molecule has 0 aromatic rings. The topological polar surface area (TPSA) is 24.5 Å². The lowest BCUT2D eigenvalue weighted by Crippen LogP contribution is -2.43. The molecule has 1 N–H and O–H groups in total. The Balaban J connectivity index is 0.000000146. The Labute approximate surface area is 85.6 Å². The summed E-state index contributed by atoms with van der Waals surface area (Å²) in [6.07, 6.45) is -0.0787. The van der Waals surface area contributed by atoms with Crippen molar-refractivity contribution in [2.45, 2.75) is 19.5 Å². The third kappa shape index (κ3) is 4.88. The number of rotatable bonds is 1. The van der Waals surface area contributed by atoms with E-state index in [1.54, 1.807) is 0 Å². The summed E-state index contributed by atoms with van der Waals surface area (Å²) in [4.78, 5) is 2.45. The SMILES string of the molecule is CCN1CCNCC1.F[C@H]1CCOC1. The average molecular weight is 204 g/mol. The molecule has 4 heteroatoms. The van der Waals surface area contributed by atoms with Crippen molar-refractivity contribution in [3.63, 3.8) is 0 Å². The van der Waals surface area contributed by atoms with Gasteiger partial charge in [0.1, 0.15) is 6.17 Å². The lowest BCUT2D eigenvalue weighted by atomic mass is 10.4. The zero-order valence-electron chi connectivity index (χ0n) is 8.97. The van der Waals surface area contributed by atoms with E-state index >= 15 is 0 Å². The zero-order chi connectivity index (χ0) is 10.2. The molecule has 2 saturated heterocycles. The number of hydrogen-bond acceptors (Lipinski definition) is 3. The van der Waals surface area contributed by atoms with Gasteiger partial charge in [-0.15, -0.1) is 0 Å². The number of piperazine rings is 1. The molecule has 14 heavy (non-hydrogen) atoms. The van der Waals surface area contributed by atoms with Crippen LogP contribution >= 0.6 is 0 Å². The quantitative estimate of drug-likeness (QED) is 0.679. The van der Waals surface area contributed by atoms with Crippen molar-refractivity contribution in [2.24, 2.45) is 0 Å². The van der Waals surface area contributed by atoms with E-state index in [-0.39, 0.29) is 0 Å². The number of likely N-dealkylation sites (N-methyl/N-ethyl adjacent to an activating group) is 1. The van der Waals surface area contributed by atoms with Crippen molar-refractivity contribution >= 4 is 0 Å². The minimum absolute atomic E-state index is 0.319. The van der Waals surface area contributed by atoms with Gasteiger partial charge in [0.25, 0.3) is 0 Å². The summed E-state index contributed by atoms with van der Waals surface area (Å²) < 4.78 is 16.5. The summed E-state index contributed by atoms with van der Waals surface area (Å²) in [5.41, 5.74) is 0. The first-order valence-corrected chi connectivity index (χ1v) is 5.47.